The molecule has 0 saturated carbocycles. The highest BCUT2D eigenvalue weighted by molar-refractivity contribution is 5.90. The number of piperidine rings is 1. The molecule has 0 bridgehead atoms. The maximum atomic E-state index is 15.2. The number of allylic oxidation sites excluding steroid dienone is 3. The number of aromatic nitrogens is 3. The summed E-state index contributed by atoms with van der Waals surface area (Å²) in [5.74, 6) is 1.26. The van der Waals surface area contributed by atoms with Crippen LogP contribution in [0.4, 0.5) is 10.3 Å². The smallest absolute Gasteiger partial charge is 0.245 e. The Bertz CT molecular complexity index is 1750. The number of alkyl halides is 1. The van der Waals surface area contributed by atoms with Gasteiger partial charge in [0.2, 0.25) is 17.8 Å². The van der Waals surface area contributed by atoms with E-state index in [1.807, 2.05) is 12.2 Å². The molecule has 50 heavy (non-hydrogen) atoms. The van der Waals surface area contributed by atoms with Crippen molar-refractivity contribution in [3.05, 3.63) is 65.5 Å². The first-order valence-electron chi connectivity index (χ1n) is 17.0. The molecule has 262 valence electrons. The number of anilines is 1. The molecule has 4 fully saturated rings. The van der Waals surface area contributed by atoms with Gasteiger partial charge in [0, 0.05) is 68.9 Å². The van der Waals surface area contributed by atoms with Crippen LogP contribution in [0.15, 0.2) is 59.9 Å². The van der Waals surface area contributed by atoms with Crippen LogP contribution in [0.25, 0.3) is 11.4 Å². The van der Waals surface area contributed by atoms with E-state index in [-0.39, 0.29) is 36.1 Å². The number of nitriles is 1. The van der Waals surface area contributed by atoms with E-state index in [1.165, 1.54) is 16.9 Å². The molecule has 1 aromatic heterocycles. The van der Waals surface area contributed by atoms with E-state index in [9.17, 15) is 14.9 Å². The summed E-state index contributed by atoms with van der Waals surface area (Å²) in [4.78, 5) is 43.8. The molecule has 3 atom stereocenters. The molecule has 5 aliphatic rings. The van der Waals surface area contributed by atoms with E-state index in [1.54, 1.807) is 25.3 Å². The Morgan fingerprint density at radius 2 is 1.98 bits per heavy atom. The number of piperazine rings is 1. The van der Waals surface area contributed by atoms with Crippen molar-refractivity contribution >= 4 is 17.8 Å². The van der Waals surface area contributed by atoms with Crippen LogP contribution >= 0.6 is 0 Å². The first-order valence-corrected chi connectivity index (χ1v) is 17.0. The lowest BCUT2D eigenvalue weighted by Crippen LogP contribution is -2.56. The third-order valence-corrected chi connectivity index (χ3v) is 9.80. The third kappa shape index (κ3) is 7.41. The maximum Gasteiger partial charge on any atom is 0.245 e. The molecule has 2 amide bonds. The lowest BCUT2D eigenvalue weighted by molar-refractivity contribution is -0.138. The van der Waals surface area contributed by atoms with Gasteiger partial charge in [0.05, 0.1) is 38.5 Å². The molecule has 7 rings (SSSR count). The summed E-state index contributed by atoms with van der Waals surface area (Å²) in [6, 6.07) is 6.99. The minimum atomic E-state index is -1.46. The molecule has 4 aliphatic heterocycles. The first kappa shape index (κ1) is 33.4. The topological polar surface area (TPSA) is 158 Å². The Labute approximate surface area is 289 Å². The Balaban J connectivity index is 0.993. The molecule has 2 aromatic rings. The number of halogens is 1. The monoisotopic (exact) mass is 685 g/mol. The average Bonchev–Trinajstić information content (AvgIpc) is 3.44. The second-order valence-electron chi connectivity index (χ2n) is 13.0. The molecule has 0 radical (unpaired) electrons. The maximum absolute atomic E-state index is 15.2. The van der Waals surface area contributed by atoms with Crippen LogP contribution in [0.3, 0.4) is 0 Å². The Morgan fingerprint density at radius 3 is 2.68 bits per heavy atom. The predicted molar refractivity (Wildman–Crippen MR) is 179 cm³/mol. The summed E-state index contributed by atoms with van der Waals surface area (Å²) in [5, 5.41) is 15.8. The van der Waals surface area contributed by atoms with Gasteiger partial charge >= 0.3 is 0 Å². The minimum Gasteiger partial charge on any atom is -0.501 e. The fraction of sp³-hybridized carbons (Fsp3) is 0.486. The Morgan fingerprint density at radius 1 is 1.14 bits per heavy atom. The highest BCUT2D eigenvalue weighted by Crippen LogP contribution is 2.29. The average molecular weight is 686 g/mol. The zero-order chi connectivity index (χ0) is 34.6. The number of nitrogens with one attached hydrogen (secondary N) is 2. The second kappa shape index (κ2) is 14.8. The minimum absolute atomic E-state index is 0.140. The highest BCUT2D eigenvalue weighted by Gasteiger charge is 2.38. The zero-order valence-electron chi connectivity index (χ0n) is 27.9. The van der Waals surface area contributed by atoms with Gasteiger partial charge in [-0.1, -0.05) is 0 Å². The van der Waals surface area contributed by atoms with Gasteiger partial charge in [-0.2, -0.15) is 10.2 Å². The summed E-state index contributed by atoms with van der Waals surface area (Å²) in [5.41, 5.74) is 2.70. The molecule has 0 spiro atoms. The lowest BCUT2D eigenvalue weighted by atomic mass is 10.0. The highest BCUT2D eigenvalue weighted by atomic mass is 19.1. The largest absolute Gasteiger partial charge is 0.501 e. The number of carbonyl (C=O) groups excluding carboxylic acids is 2. The molecular weight excluding hydrogens is 645 g/mol. The van der Waals surface area contributed by atoms with Gasteiger partial charge in [-0.05, 0) is 42.8 Å². The van der Waals surface area contributed by atoms with E-state index < -0.39 is 18.3 Å². The zero-order valence-corrected chi connectivity index (χ0v) is 27.9. The number of likely N-dealkylation sites (tertiary alicyclic amines) is 1. The third-order valence-electron chi connectivity index (χ3n) is 9.80. The van der Waals surface area contributed by atoms with Crippen molar-refractivity contribution in [2.24, 2.45) is 0 Å². The Kier molecular flexibility index (Phi) is 9.90. The number of rotatable bonds is 9. The number of nitrogens with zero attached hydrogens (tertiary/aromatic N) is 7. The number of ether oxygens (including phenoxy) is 3. The van der Waals surface area contributed by atoms with Crippen molar-refractivity contribution < 1.29 is 28.2 Å². The summed E-state index contributed by atoms with van der Waals surface area (Å²) >= 11 is 0. The van der Waals surface area contributed by atoms with Crippen molar-refractivity contribution in [1.82, 2.24) is 35.0 Å². The van der Waals surface area contributed by atoms with Crippen LogP contribution in [-0.2, 0) is 19.1 Å². The SMILES string of the molecule is COC1=CC(Nc2ncnc(-c3ccc(O[C@H]4CCN(C(=O)C5CCC(=O)N5)C[C@H]4F)c(C#N)c3)n2)=CC=C(N2CCN(C3COC3)CC2)C1. The van der Waals surface area contributed by atoms with E-state index in [2.05, 4.69) is 47.5 Å². The standard InChI is InChI=1S/C35H40FN9O5/c1-48-27-15-24(3-4-25(16-27)43-10-12-44(13-11-43)26-19-49-20-26)40-35-39-21-38-33(42-35)22-2-6-30(23(14-22)17-37)50-31-8-9-45(18-28(31)36)34(47)29-5-7-32(46)41-29/h2-4,6,14-15,21,26,28-29,31H,5,7-13,16,18-20H2,1H3,(H,41,46)(H,38,39,40,42)/t28-,29?,31+/m1/s1. The van der Waals surface area contributed by atoms with Crippen molar-refractivity contribution in [2.75, 3.05) is 64.9 Å². The molecule has 14 nitrogen and oxygen atoms in total. The summed E-state index contributed by atoms with van der Waals surface area (Å²) < 4.78 is 32.3. The van der Waals surface area contributed by atoms with Gasteiger partial charge < -0.3 is 34.6 Å². The molecular formula is C35H40FN9O5. The van der Waals surface area contributed by atoms with Crippen molar-refractivity contribution in [2.45, 2.75) is 50.0 Å². The Hall–Kier alpha value is -5.07. The number of methoxy groups -OCH3 is 1. The fourth-order valence-electron chi connectivity index (χ4n) is 6.81. The van der Waals surface area contributed by atoms with E-state index in [4.69, 9.17) is 14.2 Å². The fourth-order valence-corrected chi connectivity index (χ4v) is 6.81. The van der Waals surface area contributed by atoms with Gasteiger partial charge in [0.1, 0.15) is 36.1 Å². The van der Waals surface area contributed by atoms with E-state index >= 15 is 4.39 Å². The van der Waals surface area contributed by atoms with E-state index in [0.717, 1.165) is 50.8 Å². The summed E-state index contributed by atoms with van der Waals surface area (Å²) in [6.07, 6.45) is 6.76. The van der Waals surface area contributed by atoms with Gasteiger partial charge in [0.15, 0.2) is 12.0 Å². The summed E-state index contributed by atoms with van der Waals surface area (Å²) in [7, 11) is 1.67. The van der Waals surface area contributed by atoms with Crippen LogP contribution < -0.4 is 15.4 Å². The van der Waals surface area contributed by atoms with Crippen LogP contribution in [0.1, 0.15) is 31.2 Å². The molecule has 2 N–H and O–H groups in total. The molecule has 4 saturated heterocycles. The van der Waals surface area contributed by atoms with Crippen LogP contribution in [0, 0.1) is 11.3 Å². The second-order valence-corrected chi connectivity index (χ2v) is 13.0. The summed E-state index contributed by atoms with van der Waals surface area (Å²) in [6.45, 7) is 5.69. The number of amides is 2. The van der Waals surface area contributed by atoms with Crippen LogP contribution in [0.5, 0.6) is 5.75 Å². The number of hydrogen-bond acceptors (Lipinski definition) is 12. The van der Waals surface area contributed by atoms with E-state index in [0.29, 0.717) is 49.2 Å². The van der Waals surface area contributed by atoms with Gasteiger partial charge in [-0.3, -0.25) is 14.5 Å². The van der Waals surface area contributed by atoms with Crippen molar-refractivity contribution in [3.63, 3.8) is 0 Å². The normalized spacial score (nSPS) is 24.5. The van der Waals surface area contributed by atoms with Gasteiger partial charge in [0.25, 0.3) is 0 Å². The molecule has 1 unspecified atom stereocenters. The number of hydrogen-bond donors (Lipinski definition) is 2. The van der Waals surface area contributed by atoms with Crippen LogP contribution in [-0.4, -0.2) is 125 Å². The molecule has 1 aliphatic carbocycles. The van der Waals surface area contributed by atoms with Crippen molar-refractivity contribution in [3.8, 4) is 23.2 Å². The van der Waals surface area contributed by atoms with Crippen LogP contribution in [0.2, 0.25) is 0 Å². The van der Waals surface area contributed by atoms with Gasteiger partial charge in [-0.25, -0.2) is 14.4 Å². The lowest BCUT2D eigenvalue weighted by Gasteiger charge is -2.43. The number of carbonyl (C=O) groups is 2. The molecule has 5 heterocycles. The molecule has 1 aromatic carbocycles. The molecule has 15 heteroatoms. The number of benzene rings is 1. The van der Waals surface area contributed by atoms with Gasteiger partial charge in [-0.15, -0.1) is 0 Å². The quantitative estimate of drug-likeness (QED) is 0.397. The predicted octanol–water partition coefficient (Wildman–Crippen LogP) is 2.14. The van der Waals surface area contributed by atoms with Crippen molar-refractivity contribution in [1.29, 1.82) is 5.26 Å². The first-order chi connectivity index (χ1) is 24.4.